The van der Waals surface area contributed by atoms with Crippen LogP contribution in [0.5, 0.6) is 0 Å². The molecule has 0 saturated carbocycles. The molecule has 1 aromatic rings. The van der Waals surface area contributed by atoms with Gasteiger partial charge in [0.2, 0.25) is 0 Å². The zero-order chi connectivity index (χ0) is 15.8. The van der Waals surface area contributed by atoms with Gasteiger partial charge in [0.15, 0.2) is 0 Å². The van der Waals surface area contributed by atoms with E-state index >= 15 is 0 Å². The number of aryl methyl sites for hydroxylation is 1. The fraction of sp³-hybridized carbons (Fsp3) is 0.647. The maximum Gasteiger partial charge on any atom is 0.0529 e. The summed E-state index contributed by atoms with van der Waals surface area (Å²) in [7, 11) is 0. The van der Waals surface area contributed by atoms with Crippen molar-refractivity contribution in [3.8, 4) is 0 Å². The van der Waals surface area contributed by atoms with Crippen LogP contribution in [0.1, 0.15) is 39.7 Å². The Balaban J connectivity index is 2.43. The number of benzene rings is 1. The quantitative estimate of drug-likeness (QED) is 0.801. The largest absolute Gasteiger partial charge is 0.364 e. The summed E-state index contributed by atoms with van der Waals surface area (Å²) in [5, 5.41) is 4.57. The highest BCUT2D eigenvalue weighted by molar-refractivity contribution is 9.10. The molecule has 0 aromatic heterocycles. The summed E-state index contributed by atoms with van der Waals surface area (Å²) in [5.74, 6) is 0.589. The normalized spacial score (nSPS) is 26.5. The second-order valence-corrected chi connectivity index (χ2v) is 8.05. The number of nitrogens with one attached hydrogen (secondary N) is 1. The first kappa shape index (κ1) is 17.1. The van der Waals surface area contributed by atoms with E-state index in [0.717, 1.165) is 34.6 Å². The Labute approximate surface area is 142 Å². The lowest BCUT2D eigenvalue weighted by Gasteiger charge is -2.49. The van der Waals surface area contributed by atoms with Gasteiger partial charge in [-0.3, -0.25) is 0 Å². The van der Waals surface area contributed by atoms with Crippen LogP contribution in [0, 0.1) is 12.8 Å². The van der Waals surface area contributed by atoms with Gasteiger partial charge in [-0.05, 0) is 59.8 Å². The smallest absolute Gasteiger partial charge is 0.0529 e. The molecule has 2 atom stereocenters. The van der Waals surface area contributed by atoms with E-state index in [1.54, 1.807) is 0 Å². The van der Waals surface area contributed by atoms with Crippen molar-refractivity contribution in [1.29, 1.82) is 0 Å². The predicted octanol–water partition coefficient (Wildman–Crippen LogP) is 5.01. The fourth-order valence-corrected chi connectivity index (χ4v) is 3.81. The highest BCUT2D eigenvalue weighted by atomic mass is 79.9. The first-order valence-electron chi connectivity index (χ1n) is 7.74. The molecule has 1 aliphatic heterocycles. The van der Waals surface area contributed by atoms with Crippen molar-refractivity contribution in [2.75, 3.05) is 18.0 Å². The summed E-state index contributed by atoms with van der Waals surface area (Å²) in [5.41, 5.74) is 2.48. The molecule has 21 heavy (non-hydrogen) atoms. The SMILES string of the molecule is CCC1(C)CN(c2cc(Cl)c(C)cc2Br)C(C(C)C)CN1. The summed E-state index contributed by atoms with van der Waals surface area (Å²) >= 11 is 10.1. The lowest BCUT2D eigenvalue weighted by molar-refractivity contribution is 0.253. The van der Waals surface area contributed by atoms with Crippen LogP contribution in [0.3, 0.4) is 0 Å². The van der Waals surface area contributed by atoms with Crippen molar-refractivity contribution in [3.05, 3.63) is 27.2 Å². The first-order valence-corrected chi connectivity index (χ1v) is 8.92. The van der Waals surface area contributed by atoms with E-state index in [1.807, 2.05) is 6.92 Å². The summed E-state index contributed by atoms with van der Waals surface area (Å²) < 4.78 is 1.13. The van der Waals surface area contributed by atoms with E-state index in [9.17, 15) is 0 Å². The molecule has 1 aromatic carbocycles. The van der Waals surface area contributed by atoms with E-state index in [2.05, 4.69) is 66.0 Å². The summed E-state index contributed by atoms with van der Waals surface area (Å²) in [6.45, 7) is 13.2. The van der Waals surface area contributed by atoms with Crippen LogP contribution in [-0.2, 0) is 0 Å². The highest BCUT2D eigenvalue weighted by Gasteiger charge is 2.36. The Bertz CT molecular complexity index is 518. The van der Waals surface area contributed by atoms with Crippen LogP contribution in [0.25, 0.3) is 0 Å². The molecule has 1 aliphatic rings. The Morgan fingerprint density at radius 1 is 1.48 bits per heavy atom. The zero-order valence-corrected chi connectivity index (χ0v) is 16.0. The van der Waals surface area contributed by atoms with Crippen molar-refractivity contribution in [2.45, 2.75) is 52.6 Å². The van der Waals surface area contributed by atoms with E-state index in [-0.39, 0.29) is 5.54 Å². The number of nitrogens with zero attached hydrogens (tertiary/aromatic N) is 1. The van der Waals surface area contributed by atoms with Gasteiger partial charge in [-0.2, -0.15) is 0 Å². The third kappa shape index (κ3) is 3.57. The summed E-state index contributed by atoms with van der Waals surface area (Å²) in [6.07, 6.45) is 1.12. The molecule has 1 heterocycles. The lowest BCUT2D eigenvalue weighted by atomic mass is 9.89. The number of hydrogen-bond donors (Lipinski definition) is 1. The van der Waals surface area contributed by atoms with Crippen LogP contribution in [0.2, 0.25) is 5.02 Å². The van der Waals surface area contributed by atoms with Gasteiger partial charge in [0, 0.05) is 34.2 Å². The minimum absolute atomic E-state index is 0.155. The van der Waals surface area contributed by atoms with Crippen molar-refractivity contribution < 1.29 is 0 Å². The number of rotatable bonds is 3. The molecule has 2 nitrogen and oxygen atoms in total. The Hall–Kier alpha value is -0.250. The Morgan fingerprint density at radius 2 is 2.14 bits per heavy atom. The molecule has 0 amide bonds. The molecule has 1 fully saturated rings. The number of anilines is 1. The van der Waals surface area contributed by atoms with Crippen LogP contribution >= 0.6 is 27.5 Å². The van der Waals surface area contributed by atoms with E-state index in [1.165, 1.54) is 5.69 Å². The average molecular weight is 374 g/mol. The van der Waals surface area contributed by atoms with Crippen LogP contribution in [0.15, 0.2) is 16.6 Å². The van der Waals surface area contributed by atoms with Gasteiger partial charge in [-0.25, -0.2) is 0 Å². The highest BCUT2D eigenvalue weighted by Crippen LogP contribution is 2.36. The third-order valence-electron chi connectivity index (χ3n) is 4.75. The van der Waals surface area contributed by atoms with Gasteiger partial charge < -0.3 is 10.2 Å². The molecule has 0 radical (unpaired) electrons. The predicted molar refractivity (Wildman–Crippen MR) is 96.6 cm³/mol. The molecule has 2 unspecified atom stereocenters. The van der Waals surface area contributed by atoms with Gasteiger partial charge in [0.25, 0.3) is 0 Å². The molecule has 0 aliphatic carbocycles. The van der Waals surface area contributed by atoms with Crippen LogP contribution in [-0.4, -0.2) is 24.7 Å². The van der Waals surface area contributed by atoms with Crippen molar-refractivity contribution in [1.82, 2.24) is 5.32 Å². The maximum absolute atomic E-state index is 6.37. The second-order valence-electron chi connectivity index (χ2n) is 6.79. The summed E-state index contributed by atoms with van der Waals surface area (Å²) in [6, 6.07) is 4.72. The molecule has 2 rings (SSSR count). The van der Waals surface area contributed by atoms with Gasteiger partial charge in [-0.1, -0.05) is 32.4 Å². The minimum Gasteiger partial charge on any atom is -0.364 e. The lowest BCUT2D eigenvalue weighted by Crippen LogP contribution is -2.64. The number of piperazine rings is 1. The molecule has 118 valence electrons. The van der Waals surface area contributed by atoms with E-state index in [4.69, 9.17) is 11.6 Å². The van der Waals surface area contributed by atoms with Crippen LogP contribution in [0.4, 0.5) is 5.69 Å². The monoisotopic (exact) mass is 372 g/mol. The number of hydrogen-bond acceptors (Lipinski definition) is 2. The molecular weight excluding hydrogens is 348 g/mol. The number of halogens is 2. The third-order valence-corrected chi connectivity index (χ3v) is 5.79. The molecule has 1 N–H and O–H groups in total. The molecule has 0 bridgehead atoms. The summed E-state index contributed by atoms with van der Waals surface area (Å²) in [4.78, 5) is 2.53. The Kier molecular flexibility index (Phi) is 5.27. The van der Waals surface area contributed by atoms with Crippen LogP contribution < -0.4 is 10.2 Å². The first-order chi connectivity index (χ1) is 9.77. The van der Waals surface area contributed by atoms with Crippen molar-refractivity contribution in [2.24, 2.45) is 5.92 Å². The maximum atomic E-state index is 6.37. The van der Waals surface area contributed by atoms with Gasteiger partial charge >= 0.3 is 0 Å². The topological polar surface area (TPSA) is 15.3 Å². The minimum atomic E-state index is 0.155. The van der Waals surface area contributed by atoms with Gasteiger partial charge in [0.1, 0.15) is 0 Å². The standard InChI is InChI=1S/C17H26BrClN2/c1-6-17(5)10-21(16(9-20-17)11(2)3)15-8-14(19)12(4)7-13(15)18/h7-8,11,16,20H,6,9-10H2,1-5H3. The van der Waals surface area contributed by atoms with Crippen molar-refractivity contribution >= 4 is 33.2 Å². The van der Waals surface area contributed by atoms with E-state index in [0.29, 0.717) is 12.0 Å². The van der Waals surface area contributed by atoms with Gasteiger partial charge in [0.05, 0.1) is 5.69 Å². The molecule has 0 spiro atoms. The Morgan fingerprint density at radius 3 is 2.71 bits per heavy atom. The van der Waals surface area contributed by atoms with Crippen molar-refractivity contribution in [3.63, 3.8) is 0 Å². The molecular formula is C17H26BrClN2. The van der Waals surface area contributed by atoms with E-state index < -0.39 is 0 Å². The van der Waals surface area contributed by atoms with Gasteiger partial charge in [-0.15, -0.1) is 0 Å². The molecule has 1 saturated heterocycles. The second kappa shape index (κ2) is 6.47. The zero-order valence-electron chi connectivity index (χ0n) is 13.6. The molecule has 4 heteroatoms. The fourth-order valence-electron chi connectivity index (χ4n) is 2.96. The average Bonchev–Trinajstić information content (AvgIpc) is 2.42.